The van der Waals surface area contributed by atoms with Crippen molar-refractivity contribution in [3.63, 3.8) is 0 Å². The molecule has 0 spiro atoms. The van der Waals surface area contributed by atoms with Crippen LogP contribution in [0, 0.1) is 0 Å². The maximum atomic E-state index is 12.8. The van der Waals surface area contributed by atoms with Crippen molar-refractivity contribution < 1.29 is 73.4 Å². The van der Waals surface area contributed by atoms with Gasteiger partial charge in [0.05, 0.1) is 43.1 Å². The van der Waals surface area contributed by atoms with Crippen molar-refractivity contribution in [2.45, 2.75) is 48.8 Å². The number of aromatic hydroxyl groups is 3. The monoisotopic (exact) mass is 820 g/mol. The molecular formula is C45H40O15. The first-order valence-electron chi connectivity index (χ1n) is 19.1. The Morgan fingerprint density at radius 1 is 0.433 bits per heavy atom. The molecule has 8 atom stereocenters. The summed E-state index contributed by atoms with van der Waals surface area (Å²) in [5.74, 6) is -1.47. The average molecular weight is 821 g/mol. The second kappa shape index (κ2) is 17.1. The zero-order valence-corrected chi connectivity index (χ0v) is 31.7. The van der Waals surface area contributed by atoms with Crippen LogP contribution < -0.4 is 0 Å². The number of benzene rings is 6. The first kappa shape index (κ1) is 40.4. The fraction of sp³-hybridized carbons (Fsp3) is 0.267. The molecule has 60 heavy (non-hydrogen) atoms. The molecule has 4 heterocycles. The summed E-state index contributed by atoms with van der Waals surface area (Å²) in [6.07, 6.45) is -4.04. The third kappa shape index (κ3) is 8.67. The predicted molar refractivity (Wildman–Crippen MR) is 213 cm³/mol. The van der Waals surface area contributed by atoms with Crippen molar-refractivity contribution in [2.75, 3.05) is 26.4 Å². The number of phenolic OH excluding ortho intramolecular Hbond substituents is 3. The van der Waals surface area contributed by atoms with Gasteiger partial charge in [-0.15, -0.1) is 0 Å². The number of carboxylic acid groups (broad SMARTS) is 1. The molecule has 0 aromatic heterocycles. The van der Waals surface area contributed by atoms with Crippen LogP contribution in [0.4, 0.5) is 0 Å². The van der Waals surface area contributed by atoms with Crippen LogP contribution >= 0.6 is 0 Å². The van der Waals surface area contributed by atoms with E-state index in [1.165, 1.54) is 12.1 Å². The van der Waals surface area contributed by atoms with Crippen LogP contribution in [-0.4, -0.2) is 124 Å². The maximum Gasteiger partial charge on any atom is 0.338 e. The van der Waals surface area contributed by atoms with E-state index >= 15 is 0 Å². The lowest BCUT2D eigenvalue weighted by atomic mass is 10.1. The van der Waals surface area contributed by atoms with E-state index in [4.69, 9.17) is 43.7 Å². The number of carbonyl (C=O) groups excluding carboxylic acids is 2. The Morgan fingerprint density at radius 2 is 0.750 bits per heavy atom. The lowest BCUT2D eigenvalue weighted by Gasteiger charge is -2.17. The molecule has 0 radical (unpaired) electrons. The zero-order valence-electron chi connectivity index (χ0n) is 31.7. The minimum absolute atomic E-state index is 0.135. The predicted octanol–water partition coefficient (Wildman–Crippen LogP) is 4.70. The van der Waals surface area contributed by atoms with Gasteiger partial charge in [-0.2, -0.15) is 0 Å². The summed E-state index contributed by atoms with van der Waals surface area (Å²) in [7, 11) is 0. The molecule has 4 aliphatic rings. The van der Waals surface area contributed by atoms with Crippen molar-refractivity contribution in [2.24, 2.45) is 0 Å². The number of aliphatic hydroxyl groups excluding tert-OH is 2. The standard InChI is InChI=1S/C28H22O8.C11H8O3.C6H10O4/c29-21-7-5-15-9-19(3-1-17(15)11-21)27(31)35-23-13-33-26-24(14-34-25(23)26)36-28(32)20-4-2-18-12-22(30)8-6-16(18)10-20;12-10-4-3-7-5-9(11(13)14)2-1-8(7)6-10;7-3-1-9-6-4(8)2-10-5(3)6/h1-12,23-26,29-30H,13-14H2;1-6,12H,(H,13,14);3-8H,1-2H2/t23-,24-,25-,26-;;3-,4-,5-,6-/m1.1/s1. The van der Waals surface area contributed by atoms with Crippen LogP contribution in [0.25, 0.3) is 32.3 Å². The second-order valence-electron chi connectivity index (χ2n) is 14.8. The normalized spacial score (nSPS) is 25.1. The van der Waals surface area contributed by atoms with Crippen LogP contribution in [0.15, 0.2) is 109 Å². The maximum absolute atomic E-state index is 12.8. The highest BCUT2D eigenvalue weighted by Gasteiger charge is 2.51. The van der Waals surface area contributed by atoms with E-state index in [-0.39, 0.29) is 61.4 Å². The SMILES string of the molecule is O=C(O)c1ccc2cc(O)ccc2c1.O=C(O[C@@H]1CO[C@H]2[C@@H]1OC[C@H]2OC(=O)c1ccc2cc(O)ccc2c1)c1ccc2cc(O)ccc2c1.O[C@@H]1CO[C@H]2[C@@H]1OC[C@H]2O. The third-order valence-corrected chi connectivity index (χ3v) is 10.7. The molecule has 10 rings (SSSR count). The number of carboxylic acids is 1. The quantitative estimate of drug-likeness (QED) is 0.130. The first-order valence-corrected chi connectivity index (χ1v) is 19.1. The molecule has 6 N–H and O–H groups in total. The lowest BCUT2D eigenvalue weighted by molar-refractivity contribution is -0.0287. The van der Waals surface area contributed by atoms with Crippen molar-refractivity contribution in [1.82, 2.24) is 0 Å². The number of fused-ring (bicyclic) bond motifs is 5. The number of esters is 2. The average Bonchev–Trinajstić information content (AvgIpc) is 4.03. The third-order valence-electron chi connectivity index (χ3n) is 10.7. The van der Waals surface area contributed by atoms with Gasteiger partial charge in [0.15, 0.2) is 12.2 Å². The smallest absolute Gasteiger partial charge is 0.338 e. The molecule has 15 heteroatoms. The highest BCUT2D eigenvalue weighted by atomic mass is 16.7. The summed E-state index contributed by atoms with van der Waals surface area (Å²) in [6, 6.07) is 29.6. The van der Waals surface area contributed by atoms with Gasteiger partial charge in [-0.05, 0) is 105 Å². The topological polar surface area (TPSA) is 228 Å². The van der Waals surface area contributed by atoms with Gasteiger partial charge in [-0.1, -0.05) is 36.4 Å². The van der Waals surface area contributed by atoms with Crippen molar-refractivity contribution >= 4 is 50.2 Å². The van der Waals surface area contributed by atoms with E-state index in [1.54, 1.807) is 97.1 Å². The molecule has 4 saturated heterocycles. The van der Waals surface area contributed by atoms with Gasteiger partial charge >= 0.3 is 17.9 Å². The number of carbonyl (C=O) groups is 3. The minimum Gasteiger partial charge on any atom is -0.508 e. The molecule has 15 nitrogen and oxygen atoms in total. The van der Waals surface area contributed by atoms with Gasteiger partial charge in [-0.25, -0.2) is 14.4 Å². The molecule has 0 amide bonds. The second-order valence-corrected chi connectivity index (χ2v) is 14.8. The van der Waals surface area contributed by atoms with E-state index in [1.807, 2.05) is 0 Å². The fourth-order valence-corrected chi connectivity index (χ4v) is 7.59. The summed E-state index contributed by atoms with van der Waals surface area (Å²) in [5, 5.41) is 60.4. The Balaban J connectivity index is 0.000000168. The van der Waals surface area contributed by atoms with Crippen LogP contribution in [-0.2, 0) is 28.4 Å². The Hall–Kier alpha value is -6.33. The largest absolute Gasteiger partial charge is 0.508 e. The Morgan fingerprint density at radius 3 is 1.13 bits per heavy atom. The van der Waals surface area contributed by atoms with Crippen molar-refractivity contribution in [3.05, 3.63) is 126 Å². The van der Waals surface area contributed by atoms with E-state index in [0.717, 1.165) is 32.3 Å². The number of rotatable bonds is 5. The number of ether oxygens (including phenoxy) is 6. The van der Waals surface area contributed by atoms with E-state index < -0.39 is 54.5 Å². The summed E-state index contributed by atoms with van der Waals surface area (Å²) in [6.45, 7) is 0.838. The van der Waals surface area contributed by atoms with Gasteiger partial charge in [0, 0.05) is 0 Å². The molecule has 6 aromatic rings. The molecule has 0 bridgehead atoms. The summed E-state index contributed by atoms with van der Waals surface area (Å²) < 4.78 is 33.1. The Bertz CT molecular complexity index is 2450. The lowest BCUT2D eigenvalue weighted by Crippen LogP contribution is -2.36. The van der Waals surface area contributed by atoms with Gasteiger partial charge in [-0.3, -0.25) is 0 Å². The van der Waals surface area contributed by atoms with Gasteiger partial charge in [0.2, 0.25) is 0 Å². The molecule has 310 valence electrons. The Kier molecular flexibility index (Phi) is 11.5. The van der Waals surface area contributed by atoms with E-state index in [2.05, 4.69) is 0 Å². The number of aliphatic hydroxyl groups is 2. The van der Waals surface area contributed by atoms with Gasteiger partial charge in [0.25, 0.3) is 0 Å². The summed E-state index contributed by atoms with van der Waals surface area (Å²) in [5.41, 5.74) is 1.01. The van der Waals surface area contributed by atoms with Crippen LogP contribution in [0.5, 0.6) is 17.2 Å². The summed E-state index contributed by atoms with van der Waals surface area (Å²) in [4.78, 5) is 36.2. The fourth-order valence-electron chi connectivity index (χ4n) is 7.59. The first-order chi connectivity index (χ1) is 28.9. The molecule has 0 aliphatic carbocycles. The van der Waals surface area contributed by atoms with Crippen molar-refractivity contribution in [3.8, 4) is 17.2 Å². The summed E-state index contributed by atoms with van der Waals surface area (Å²) >= 11 is 0. The molecule has 4 fully saturated rings. The number of hydrogen-bond acceptors (Lipinski definition) is 14. The van der Waals surface area contributed by atoms with E-state index in [0.29, 0.717) is 11.1 Å². The van der Waals surface area contributed by atoms with Crippen LogP contribution in [0.1, 0.15) is 31.1 Å². The van der Waals surface area contributed by atoms with Crippen LogP contribution in [0.2, 0.25) is 0 Å². The highest BCUT2D eigenvalue weighted by molar-refractivity contribution is 5.97. The molecule has 0 saturated carbocycles. The number of phenols is 3. The minimum atomic E-state index is -0.944. The van der Waals surface area contributed by atoms with E-state index in [9.17, 15) is 29.7 Å². The zero-order chi connectivity index (χ0) is 42.1. The molecule has 4 aliphatic heterocycles. The number of aromatic carboxylic acids is 1. The Labute approximate surface area is 341 Å². The van der Waals surface area contributed by atoms with Crippen LogP contribution in [0.3, 0.4) is 0 Å². The highest BCUT2D eigenvalue weighted by Crippen LogP contribution is 2.33. The number of hydrogen-bond donors (Lipinski definition) is 6. The van der Waals surface area contributed by atoms with Crippen molar-refractivity contribution in [1.29, 1.82) is 0 Å². The van der Waals surface area contributed by atoms with Gasteiger partial charge in [0.1, 0.15) is 53.9 Å². The molecule has 0 unspecified atom stereocenters. The molecular weight excluding hydrogens is 780 g/mol. The molecule has 6 aromatic carbocycles. The van der Waals surface area contributed by atoms with Gasteiger partial charge < -0.3 is 59.1 Å².